The van der Waals surface area contributed by atoms with Crippen molar-refractivity contribution in [3.63, 3.8) is 0 Å². The number of nitrogens with zero attached hydrogens (tertiary/aromatic N) is 2. The van der Waals surface area contributed by atoms with E-state index >= 15 is 0 Å². The number of amides is 1. The maximum atomic E-state index is 11.9. The first-order valence-electron chi connectivity index (χ1n) is 7.95. The van der Waals surface area contributed by atoms with E-state index < -0.39 is 0 Å². The number of hydrogen-bond acceptors (Lipinski definition) is 4. The van der Waals surface area contributed by atoms with Crippen LogP contribution in [-0.2, 0) is 16.1 Å². The molecule has 2 aromatic rings. The number of anilines is 2. The normalized spacial score (nSPS) is 11.2. The lowest BCUT2D eigenvalue weighted by Crippen LogP contribution is -2.24. The topological polar surface area (TPSA) is 102 Å². The largest absolute Gasteiger partial charge is 0.380 e. The molecule has 25 heavy (non-hydrogen) atoms. The second-order valence-corrected chi connectivity index (χ2v) is 5.50. The number of methoxy groups -OCH3 is 1. The van der Waals surface area contributed by atoms with E-state index in [1.165, 1.54) is 0 Å². The number of aromatic nitrogens is 1. The number of nitrogens with two attached hydrogens (primary N) is 1. The lowest BCUT2D eigenvalue weighted by Gasteiger charge is -2.10. The van der Waals surface area contributed by atoms with Gasteiger partial charge in [0.2, 0.25) is 5.91 Å². The molecule has 7 heteroatoms. The molecule has 1 aromatic heterocycles. The van der Waals surface area contributed by atoms with Crippen LogP contribution in [0.4, 0.5) is 11.5 Å². The number of guanidine groups is 1. The number of pyridine rings is 1. The summed E-state index contributed by atoms with van der Waals surface area (Å²) in [7, 11) is 1.63. The zero-order chi connectivity index (χ0) is 18.1. The molecule has 0 saturated carbocycles. The fourth-order valence-corrected chi connectivity index (χ4v) is 2.13. The molecule has 132 valence electrons. The highest BCUT2D eigenvalue weighted by molar-refractivity contribution is 5.93. The van der Waals surface area contributed by atoms with E-state index in [1.807, 2.05) is 37.3 Å². The Balaban J connectivity index is 1.83. The van der Waals surface area contributed by atoms with E-state index in [2.05, 4.69) is 20.6 Å². The summed E-state index contributed by atoms with van der Waals surface area (Å²) in [6, 6.07) is 11.3. The molecule has 1 amide bonds. The van der Waals surface area contributed by atoms with Crippen LogP contribution in [0.25, 0.3) is 0 Å². The molecule has 0 aliphatic rings. The summed E-state index contributed by atoms with van der Waals surface area (Å²) in [5.41, 5.74) is 8.73. The number of carbonyl (C=O) groups is 1. The lowest BCUT2D eigenvalue weighted by molar-refractivity contribution is -0.116. The molecule has 0 unspecified atom stereocenters. The Labute approximate surface area is 147 Å². The van der Waals surface area contributed by atoms with Crippen molar-refractivity contribution in [2.45, 2.75) is 20.0 Å². The smallest absolute Gasteiger partial charge is 0.227 e. The maximum absolute atomic E-state index is 11.9. The van der Waals surface area contributed by atoms with Crippen LogP contribution in [0.3, 0.4) is 0 Å². The minimum absolute atomic E-state index is 0.160. The first-order chi connectivity index (χ1) is 12.1. The van der Waals surface area contributed by atoms with Crippen molar-refractivity contribution in [2.24, 2.45) is 10.7 Å². The fourth-order valence-electron chi connectivity index (χ4n) is 2.13. The summed E-state index contributed by atoms with van der Waals surface area (Å²) in [5.74, 6) is 0.622. The average Bonchev–Trinajstić information content (AvgIpc) is 2.59. The lowest BCUT2D eigenvalue weighted by atomic mass is 10.2. The predicted molar refractivity (Wildman–Crippen MR) is 99.5 cm³/mol. The average molecular weight is 341 g/mol. The van der Waals surface area contributed by atoms with Gasteiger partial charge in [0.1, 0.15) is 5.82 Å². The Morgan fingerprint density at radius 2 is 2.04 bits per heavy atom. The zero-order valence-corrected chi connectivity index (χ0v) is 14.5. The van der Waals surface area contributed by atoms with Crippen LogP contribution < -0.4 is 16.4 Å². The van der Waals surface area contributed by atoms with Gasteiger partial charge in [-0.15, -0.1) is 0 Å². The fraction of sp³-hybridized carbons (Fsp3) is 0.278. The first kappa shape index (κ1) is 18.4. The number of aliphatic imine (C=N–C) groups is 1. The zero-order valence-electron chi connectivity index (χ0n) is 14.5. The number of benzene rings is 1. The van der Waals surface area contributed by atoms with E-state index in [9.17, 15) is 4.79 Å². The molecule has 0 radical (unpaired) electrons. The van der Waals surface area contributed by atoms with Gasteiger partial charge in [0.05, 0.1) is 13.2 Å². The van der Waals surface area contributed by atoms with Gasteiger partial charge in [-0.25, -0.2) is 4.98 Å². The summed E-state index contributed by atoms with van der Waals surface area (Å²) >= 11 is 0. The second kappa shape index (κ2) is 9.39. The van der Waals surface area contributed by atoms with Crippen molar-refractivity contribution < 1.29 is 9.53 Å². The molecule has 0 fully saturated rings. The van der Waals surface area contributed by atoms with Gasteiger partial charge in [0.25, 0.3) is 0 Å². The molecule has 0 saturated heterocycles. The summed E-state index contributed by atoms with van der Waals surface area (Å²) in [6.07, 6.45) is 1.92. The van der Waals surface area contributed by atoms with Crippen molar-refractivity contribution >= 4 is 23.4 Å². The van der Waals surface area contributed by atoms with Crippen molar-refractivity contribution in [1.29, 1.82) is 0 Å². The van der Waals surface area contributed by atoms with E-state index in [1.54, 1.807) is 19.4 Å². The number of aryl methyl sites for hydroxylation is 1. The number of rotatable bonds is 7. The molecule has 1 aromatic carbocycles. The van der Waals surface area contributed by atoms with E-state index in [-0.39, 0.29) is 24.8 Å². The number of para-hydroxylation sites is 1. The Bertz CT molecular complexity index is 729. The van der Waals surface area contributed by atoms with Gasteiger partial charge in [-0.3, -0.25) is 9.79 Å². The minimum Gasteiger partial charge on any atom is -0.380 e. The molecule has 0 aliphatic heterocycles. The van der Waals surface area contributed by atoms with Crippen LogP contribution in [0, 0.1) is 6.92 Å². The first-order valence-corrected chi connectivity index (χ1v) is 7.95. The molecule has 1 heterocycles. The van der Waals surface area contributed by atoms with E-state index in [0.29, 0.717) is 12.4 Å². The van der Waals surface area contributed by atoms with Gasteiger partial charge in [0.15, 0.2) is 5.96 Å². The summed E-state index contributed by atoms with van der Waals surface area (Å²) in [5, 5.41) is 5.75. The molecule has 4 N–H and O–H groups in total. The summed E-state index contributed by atoms with van der Waals surface area (Å²) < 4.78 is 5.15. The maximum Gasteiger partial charge on any atom is 0.227 e. The van der Waals surface area contributed by atoms with Gasteiger partial charge in [0, 0.05) is 31.0 Å². The van der Waals surface area contributed by atoms with Crippen molar-refractivity contribution in [3.8, 4) is 0 Å². The molecular formula is C18H23N5O2. The standard InChI is InChI=1S/C18H23N5O2/c1-13-7-8-16(21-11-13)23-17(24)9-10-20-18(19)22-15-6-4-3-5-14(15)12-25-2/h3-8,11H,9-10,12H2,1-2H3,(H3,19,20,22)(H,21,23,24). The van der Waals surface area contributed by atoms with Crippen LogP contribution in [0.2, 0.25) is 0 Å². The SMILES string of the molecule is COCc1ccccc1NC(N)=NCCC(=O)Nc1ccc(C)cn1. The summed E-state index contributed by atoms with van der Waals surface area (Å²) in [4.78, 5) is 20.2. The van der Waals surface area contributed by atoms with Crippen LogP contribution in [0.1, 0.15) is 17.5 Å². The van der Waals surface area contributed by atoms with Gasteiger partial charge in [-0.2, -0.15) is 0 Å². The molecular weight excluding hydrogens is 318 g/mol. The third-order valence-corrected chi connectivity index (χ3v) is 3.38. The molecule has 2 rings (SSSR count). The van der Waals surface area contributed by atoms with Crippen molar-refractivity contribution in [2.75, 3.05) is 24.3 Å². The highest BCUT2D eigenvalue weighted by Gasteiger charge is 2.04. The van der Waals surface area contributed by atoms with Crippen LogP contribution in [-0.4, -0.2) is 30.5 Å². The Morgan fingerprint density at radius 1 is 1.24 bits per heavy atom. The Kier molecular flexibility index (Phi) is 6.91. The highest BCUT2D eigenvalue weighted by atomic mass is 16.5. The van der Waals surface area contributed by atoms with Crippen LogP contribution in [0.5, 0.6) is 0 Å². The van der Waals surface area contributed by atoms with Gasteiger partial charge < -0.3 is 21.1 Å². The third-order valence-electron chi connectivity index (χ3n) is 3.38. The Hall–Kier alpha value is -2.93. The number of ether oxygens (including phenoxy) is 1. The highest BCUT2D eigenvalue weighted by Crippen LogP contribution is 2.15. The monoisotopic (exact) mass is 341 g/mol. The molecule has 0 bridgehead atoms. The molecule has 0 spiro atoms. The van der Waals surface area contributed by atoms with E-state index in [0.717, 1.165) is 16.8 Å². The van der Waals surface area contributed by atoms with Crippen molar-refractivity contribution in [1.82, 2.24) is 4.98 Å². The molecule has 0 atom stereocenters. The van der Waals surface area contributed by atoms with Crippen LogP contribution in [0.15, 0.2) is 47.6 Å². The van der Waals surface area contributed by atoms with Gasteiger partial charge >= 0.3 is 0 Å². The third kappa shape index (κ3) is 6.23. The van der Waals surface area contributed by atoms with Crippen molar-refractivity contribution in [3.05, 3.63) is 53.7 Å². The minimum atomic E-state index is -0.160. The number of hydrogen-bond donors (Lipinski definition) is 3. The van der Waals surface area contributed by atoms with Gasteiger partial charge in [-0.05, 0) is 24.6 Å². The van der Waals surface area contributed by atoms with Crippen LogP contribution >= 0.6 is 0 Å². The molecule has 0 aliphatic carbocycles. The second-order valence-electron chi connectivity index (χ2n) is 5.50. The Morgan fingerprint density at radius 3 is 2.76 bits per heavy atom. The molecule has 7 nitrogen and oxygen atoms in total. The number of nitrogens with one attached hydrogen (secondary N) is 2. The van der Waals surface area contributed by atoms with E-state index in [4.69, 9.17) is 10.5 Å². The number of carbonyl (C=O) groups excluding carboxylic acids is 1. The summed E-state index contributed by atoms with van der Waals surface area (Å²) in [6.45, 7) is 2.69. The quantitative estimate of drug-likeness (QED) is 0.530. The predicted octanol–water partition coefficient (Wildman–Crippen LogP) is 2.29. The van der Waals surface area contributed by atoms with Gasteiger partial charge in [-0.1, -0.05) is 24.3 Å².